The zero-order valence-electron chi connectivity index (χ0n) is 13.4. The molecule has 2 N–H and O–H groups in total. The first kappa shape index (κ1) is 14.3. The van der Waals surface area contributed by atoms with E-state index in [2.05, 4.69) is 53.4 Å². The van der Waals surface area contributed by atoms with Gasteiger partial charge in [-0.15, -0.1) is 0 Å². The van der Waals surface area contributed by atoms with Crippen molar-refractivity contribution in [2.24, 2.45) is 7.05 Å². The number of piperidine rings is 1. The van der Waals surface area contributed by atoms with Gasteiger partial charge in [-0.2, -0.15) is 5.10 Å². The molecule has 0 atom stereocenters. The molecular formula is C15H24N6. The van der Waals surface area contributed by atoms with E-state index in [1.165, 1.54) is 0 Å². The van der Waals surface area contributed by atoms with Gasteiger partial charge in [-0.3, -0.25) is 4.68 Å². The molecule has 0 bridgehead atoms. The van der Waals surface area contributed by atoms with Gasteiger partial charge in [-0.1, -0.05) is 0 Å². The Balaban J connectivity index is 1.88. The van der Waals surface area contributed by atoms with Gasteiger partial charge in [0, 0.05) is 24.2 Å². The van der Waals surface area contributed by atoms with Crippen LogP contribution in [0, 0.1) is 0 Å². The summed E-state index contributed by atoms with van der Waals surface area (Å²) in [4.78, 5) is 8.70. The van der Waals surface area contributed by atoms with E-state index in [1.807, 2.05) is 13.2 Å². The lowest BCUT2D eigenvalue weighted by molar-refractivity contribution is 0.170. The van der Waals surface area contributed by atoms with Crippen LogP contribution in [0.3, 0.4) is 0 Å². The highest BCUT2D eigenvalue weighted by atomic mass is 15.3. The molecule has 0 aromatic carbocycles. The molecule has 3 heterocycles. The topological polar surface area (TPSA) is 67.7 Å². The van der Waals surface area contributed by atoms with E-state index >= 15 is 0 Å². The maximum atomic E-state index is 4.41. The number of fused-ring (bicyclic) bond motifs is 1. The third kappa shape index (κ3) is 2.85. The number of hydrogen-bond acceptors (Lipinski definition) is 5. The van der Waals surface area contributed by atoms with Gasteiger partial charge in [0.25, 0.3) is 0 Å². The lowest BCUT2D eigenvalue weighted by atomic mass is 9.79. The zero-order valence-corrected chi connectivity index (χ0v) is 13.4. The van der Waals surface area contributed by atoms with Gasteiger partial charge in [0.1, 0.15) is 12.1 Å². The standard InChI is InChI=1S/C15H24N6/c1-14(2)6-10(7-15(3,4)20-14)19-12-11-8-18-21(5)13(11)17-9-16-12/h8-10,20H,6-7H2,1-5H3,(H,16,17,19). The van der Waals surface area contributed by atoms with Gasteiger partial charge in [0.05, 0.1) is 11.6 Å². The second-order valence-corrected chi connectivity index (χ2v) is 7.37. The second kappa shape index (κ2) is 4.66. The molecule has 0 aliphatic carbocycles. The van der Waals surface area contributed by atoms with Crippen LogP contribution in [-0.2, 0) is 7.05 Å². The molecule has 2 aromatic rings. The first-order valence-electron chi connectivity index (χ1n) is 7.44. The zero-order chi connectivity index (χ0) is 15.3. The highest BCUT2D eigenvalue weighted by Crippen LogP contribution is 2.31. The van der Waals surface area contributed by atoms with Crippen molar-refractivity contribution >= 4 is 16.9 Å². The van der Waals surface area contributed by atoms with E-state index in [-0.39, 0.29) is 11.1 Å². The summed E-state index contributed by atoms with van der Waals surface area (Å²) in [5.74, 6) is 0.881. The Kier molecular flexibility index (Phi) is 3.16. The number of hydrogen-bond donors (Lipinski definition) is 2. The van der Waals surface area contributed by atoms with Crippen LogP contribution in [0.15, 0.2) is 12.5 Å². The van der Waals surface area contributed by atoms with Crippen LogP contribution in [0.2, 0.25) is 0 Å². The third-order valence-electron chi connectivity index (χ3n) is 4.06. The smallest absolute Gasteiger partial charge is 0.163 e. The fourth-order valence-electron chi connectivity index (χ4n) is 3.69. The number of aromatic nitrogens is 4. The molecule has 1 aliphatic rings. The molecular weight excluding hydrogens is 264 g/mol. The molecule has 0 spiro atoms. The molecule has 1 saturated heterocycles. The van der Waals surface area contributed by atoms with E-state index in [0.29, 0.717) is 6.04 Å². The van der Waals surface area contributed by atoms with Crippen molar-refractivity contribution in [1.29, 1.82) is 0 Å². The van der Waals surface area contributed by atoms with Gasteiger partial charge in [-0.05, 0) is 40.5 Å². The van der Waals surface area contributed by atoms with Gasteiger partial charge in [0.15, 0.2) is 5.65 Å². The Bertz CT molecular complexity index is 641. The molecule has 1 fully saturated rings. The number of rotatable bonds is 2. The average molecular weight is 288 g/mol. The Morgan fingerprint density at radius 1 is 1.19 bits per heavy atom. The third-order valence-corrected chi connectivity index (χ3v) is 4.06. The molecule has 1 aliphatic heterocycles. The van der Waals surface area contributed by atoms with Crippen molar-refractivity contribution in [3.8, 4) is 0 Å². The van der Waals surface area contributed by atoms with E-state index in [9.17, 15) is 0 Å². The molecule has 0 radical (unpaired) electrons. The van der Waals surface area contributed by atoms with Crippen LogP contribution in [0.5, 0.6) is 0 Å². The molecule has 114 valence electrons. The van der Waals surface area contributed by atoms with Crippen LogP contribution >= 0.6 is 0 Å². The number of anilines is 1. The van der Waals surface area contributed by atoms with E-state index in [1.54, 1.807) is 11.0 Å². The largest absolute Gasteiger partial charge is 0.366 e. The maximum absolute atomic E-state index is 4.41. The number of nitrogens with one attached hydrogen (secondary N) is 2. The van der Waals surface area contributed by atoms with Crippen LogP contribution < -0.4 is 10.6 Å². The summed E-state index contributed by atoms with van der Waals surface area (Å²) < 4.78 is 1.78. The molecule has 6 heteroatoms. The van der Waals surface area contributed by atoms with Gasteiger partial charge in [0.2, 0.25) is 0 Å². The predicted molar refractivity (Wildman–Crippen MR) is 84.2 cm³/mol. The maximum Gasteiger partial charge on any atom is 0.163 e. The molecule has 2 aromatic heterocycles. The normalized spacial score (nSPS) is 21.6. The lowest BCUT2D eigenvalue weighted by Gasteiger charge is -2.46. The van der Waals surface area contributed by atoms with Crippen LogP contribution in [0.1, 0.15) is 40.5 Å². The highest BCUT2D eigenvalue weighted by Gasteiger charge is 2.37. The summed E-state index contributed by atoms with van der Waals surface area (Å²) in [6, 6.07) is 0.384. The summed E-state index contributed by atoms with van der Waals surface area (Å²) in [6.07, 6.45) is 5.54. The van der Waals surface area contributed by atoms with Crippen molar-refractivity contribution in [3.63, 3.8) is 0 Å². The SMILES string of the molecule is Cn1ncc2c(NC3CC(C)(C)NC(C)(C)C3)ncnc21. The molecule has 21 heavy (non-hydrogen) atoms. The molecule has 0 unspecified atom stereocenters. The van der Waals surface area contributed by atoms with E-state index < -0.39 is 0 Å². The minimum absolute atomic E-state index is 0.112. The first-order valence-corrected chi connectivity index (χ1v) is 7.44. The Morgan fingerprint density at radius 2 is 1.86 bits per heavy atom. The summed E-state index contributed by atoms with van der Waals surface area (Å²) >= 11 is 0. The van der Waals surface area contributed by atoms with Crippen molar-refractivity contribution in [2.45, 2.75) is 57.7 Å². The van der Waals surface area contributed by atoms with Crippen molar-refractivity contribution in [3.05, 3.63) is 12.5 Å². The Morgan fingerprint density at radius 3 is 2.52 bits per heavy atom. The van der Waals surface area contributed by atoms with Crippen LogP contribution in [0.4, 0.5) is 5.82 Å². The van der Waals surface area contributed by atoms with Crippen molar-refractivity contribution < 1.29 is 0 Å². The van der Waals surface area contributed by atoms with E-state index in [0.717, 1.165) is 29.7 Å². The quantitative estimate of drug-likeness (QED) is 0.885. The van der Waals surface area contributed by atoms with E-state index in [4.69, 9.17) is 0 Å². The molecule has 0 amide bonds. The number of nitrogens with zero attached hydrogens (tertiary/aromatic N) is 4. The second-order valence-electron chi connectivity index (χ2n) is 7.37. The summed E-state index contributed by atoms with van der Waals surface area (Å²) in [6.45, 7) is 9.01. The number of aryl methyl sites for hydroxylation is 1. The molecule has 6 nitrogen and oxygen atoms in total. The van der Waals surface area contributed by atoms with Gasteiger partial charge in [-0.25, -0.2) is 9.97 Å². The van der Waals surface area contributed by atoms with Gasteiger partial charge < -0.3 is 10.6 Å². The van der Waals surface area contributed by atoms with Gasteiger partial charge >= 0.3 is 0 Å². The first-order chi connectivity index (χ1) is 9.76. The summed E-state index contributed by atoms with van der Waals surface area (Å²) in [5, 5.41) is 12.6. The summed E-state index contributed by atoms with van der Waals surface area (Å²) in [7, 11) is 1.90. The highest BCUT2D eigenvalue weighted by molar-refractivity contribution is 5.86. The van der Waals surface area contributed by atoms with Crippen LogP contribution in [0.25, 0.3) is 11.0 Å². The lowest BCUT2D eigenvalue weighted by Crippen LogP contribution is -2.60. The fourth-order valence-corrected chi connectivity index (χ4v) is 3.69. The average Bonchev–Trinajstić information content (AvgIpc) is 2.68. The minimum atomic E-state index is 0.112. The monoisotopic (exact) mass is 288 g/mol. The minimum Gasteiger partial charge on any atom is -0.366 e. The predicted octanol–water partition coefficient (Wildman–Crippen LogP) is 2.08. The Hall–Kier alpha value is -1.69. The van der Waals surface area contributed by atoms with Crippen molar-refractivity contribution in [1.82, 2.24) is 25.1 Å². The molecule has 3 rings (SSSR count). The van der Waals surface area contributed by atoms with Crippen LogP contribution in [-0.4, -0.2) is 36.9 Å². The molecule has 0 saturated carbocycles. The fraction of sp³-hybridized carbons (Fsp3) is 0.667. The Labute approximate surface area is 125 Å². The summed E-state index contributed by atoms with van der Waals surface area (Å²) in [5.41, 5.74) is 1.08. The van der Waals surface area contributed by atoms with Crippen molar-refractivity contribution in [2.75, 3.05) is 5.32 Å².